The molecule has 1 aromatic rings. The van der Waals surface area contributed by atoms with Gasteiger partial charge in [-0.25, -0.2) is 0 Å². The average molecular weight is 243 g/mol. The van der Waals surface area contributed by atoms with E-state index < -0.39 is 0 Å². The van der Waals surface area contributed by atoms with E-state index in [2.05, 4.69) is 0 Å². The maximum Gasteiger partial charge on any atom is 0.127 e. The molecule has 18 heavy (non-hydrogen) atoms. The predicted molar refractivity (Wildman–Crippen MR) is 74.3 cm³/mol. The molecular weight excluding hydrogens is 222 g/mol. The Hall–Kier alpha value is -1.31. The number of aromatic hydroxyl groups is 1. The summed E-state index contributed by atoms with van der Waals surface area (Å²) >= 11 is 0. The van der Waals surface area contributed by atoms with Crippen LogP contribution in [-0.2, 0) is 0 Å². The summed E-state index contributed by atoms with van der Waals surface area (Å²) in [5.74, 6) is 2.17. The van der Waals surface area contributed by atoms with Crippen molar-refractivity contribution in [1.29, 1.82) is 0 Å². The minimum Gasteiger partial charge on any atom is -0.507 e. The molecule has 2 nitrogen and oxygen atoms in total. The van der Waals surface area contributed by atoms with Gasteiger partial charge < -0.3 is 5.11 Å². The summed E-state index contributed by atoms with van der Waals surface area (Å²) in [6, 6.07) is 6.33. The topological polar surface area (TPSA) is 32.6 Å². The second-order valence-electron chi connectivity index (χ2n) is 5.89. The van der Waals surface area contributed by atoms with E-state index >= 15 is 0 Å². The molecule has 2 heteroatoms. The number of para-hydroxylation sites is 1. The lowest BCUT2D eigenvalue weighted by atomic mass is 9.72. The molecule has 1 atom stereocenters. The molecule has 0 heterocycles. The largest absolute Gasteiger partial charge is 0.507 e. The summed E-state index contributed by atoms with van der Waals surface area (Å²) in [5, 5.41) is 9.97. The fourth-order valence-electron chi connectivity index (χ4n) is 3.35. The van der Waals surface area contributed by atoms with Crippen molar-refractivity contribution < 1.29 is 5.11 Å². The van der Waals surface area contributed by atoms with Crippen molar-refractivity contribution in [1.82, 2.24) is 0 Å². The van der Waals surface area contributed by atoms with E-state index in [0.717, 1.165) is 23.0 Å². The number of nitrogens with zero attached hydrogens (tertiary/aromatic N) is 1. The molecule has 1 N–H and O–H groups in total. The Morgan fingerprint density at radius 2 is 2.11 bits per heavy atom. The summed E-state index contributed by atoms with van der Waals surface area (Å²) in [5.41, 5.74) is 1.78. The Kier molecular flexibility index (Phi) is 3.11. The fraction of sp³-hybridized carbons (Fsp3) is 0.562. The predicted octanol–water partition coefficient (Wildman–Crippen LogP) is 3.70. The first kappa shape index (κ1) is 11.8. The molecule has 4 rings (SSSR count). The molecule has 0 radical (unpaired) electrons. The van der Waals surface area contributed by atoms with E-state index in [4.69, 9.17) is 4.99 Å². The smallest absolute Gasteiger partial charge is 0.127 e. The summed E-state index contributed by atoms with van der Waals surface area (Å²) in [6.07, 6.45) is 8.58. The van der Waals surface area contributed by atoms with Gasteiger partial charge in [0.15, 0.2) is 0 Å². The van der Waals surface area contributed by atoms with E-state index in [0.29, 0.717) is 11.8 Å². The molecule has 0 aromatic heterocycles. The third-order valence-electron chi connectivity index (χ3n) is 4.60. The Balaban J connectivity index is 1.75. The zero-order valence-corrected chi connectivity index (χ0v) is 11.0. The van der Waals surface area contributed by atoms with Crippen molar-refractivity contribution in [2.75, 3.05) is 0 Å². The average Bonchev–Trinajstić information content (AvgIpc) is 2.62. The molecule has 96 valence electrons. The van der Waals surface area contributed by atoms with Crippen LogP contribution in [0.2, 0.25) is 0 Å². The van der Waals surface area contributed by atoms with Gasteiger partial charge in [-0.3, -0.25) is 4.99 Å². The number of benzene rings is 1. The first-order valence-corrected chi connectivity index (χ1v) is 7.06. The number of aliphatic imine (C=N–C) groups is 1. The minimum absolute atomic E-state index is 0.376. The lowest BCUT2D eigenvalue weighted by Gasteiger charge is -2.35. The van der Waals surface area contributed by atoms with Gasteiger partial charge in [-0.05, 0) is 49.7 Å². The molecule has 0 aliphatic heterocycles. The SMILES string of the molecule is Cc1cccc(C=NC2CCCC3CC2C3)c1O. The number of rotatable bonds is 2. The standard InChI is InChI=1S/C16H21NO/c1-11-4-2-6-13(16(11)18)10-17-15-7-3-5-12-8-14(15)9-12/h2,4,6,10,12,14-15,18H,3,5,7-9H2,1H3. The number of phenolic OH excluding ortho intramolecular Hbond substituents is 1. The minimum atomic E-state index is 0.376. The van der Waals surface area contributed by atoms with Crippen LogP contribution in [0.3, 0.4) is 0 Å². The van der Waals surface area contributed by atoms with Crippen molar-refractivity contribution in [2.45, 2.75) is 45.1 Å². The summed E-state index contributed by atoms with van der Waals surface area (Å²) in [4.78, 5) is 4.75. The zero-order chi connectivity index (χ0) is 12.5. The maximum atomic E-state index is 9.97. The molecule has 0 spiro atoms. The molecule has 3 fully saturated rings. The molecule has 2 bridgehead atoms. The molecular formula is C16H21NO. The first-order chi connectivity index (χ1) is 8.74. The first-order valence-electron chi connectivity index (χ1n) is 7.06. The Morgan fingerprint density at radius 3 is 2.94 bits per heavy atom. The highest BCUT2D eigenvalue weighted by Crippen LogP contribution is 2.44. The highest BCUT2D eigenvalue weighted by atomic mass is 16.3. The van der Waals surface area contributed by atoms with Crippen molar-refractivity contribution in [3.63, 3.8) is 0 Å². The number of aryl methyl sites for hydroxylation is 1. The van der Waals surface area contributed by atoms with Gasteiger partial charge in [0.2, 0.25) is 0 Å². The third kappa shape index (κ3) is 2.16. The van der Waals surface area contributed by atoms with Crippen LogP contribution in [0.15, 0.2) is 23.2 Å². The Bertz CT molecular complexity index is 460. The quantitative estimate of drug-likeness (QED) is 0.789. The number of hydrogen-bond acceptors (Lipinski definition) is 2. The summed E-state index contributed by atoms with van der Waals surface area (Å²) in [7, 11) is 0. The molecule has 1 unspecified atom stereocenters. The Morgan fingerprint density at radius 1 is 1.28 bits per heavy atom. The van der Waals surface area contributed by atoms with Gasteiger partial charge in [-0.1, -0.05) is 25.0 Å². The highest BCUT2D eigenvalue weighted by molar-refractivity contribution is 5.84. The van der Waals surface area contributed by atoms with Crippen LogP contribution in [0.4, 0.5) is 0 Å². The van der Waals surface area contributed by atoms with Crippen molar-refractivity contribution in [2.24, 2.45) is 16.8 Å². The highest BCUT2D eigenvalue weighted by Gasteiger charge is 2.37. The molecule has 1 aromatic carbocycles. The van der Waals surface area contributed by atoms with Gasteiger partial charge in [-0.15, -0.1) is 0 Å². The lowest BCUT2D eigenvalue weighted by molar-refractivity contribution is 0.182. The van der Waals surface area contributed by atoms with Gasteiger partial charge in [0.1, 0.15) is 5.75 Å². The number of phenols is 1. The van der Waals surface area contributed by atoms with E-state index in [1.54, 1.807) is 0 Å². The number of fused-ring (bicyclic) bond motifs is 3. The van der Waals surface area contributed by atoms with Crippen LogP contribution in [0.5, 0.6) is 5.75 Å². The summed E-state index contributed by atoms with van der Waals surface area (Å²) < 4.78 is 0. The van der Waals surface area contributed by atoms with Gasteiger partial charge in [-0.2, -0.15) is 0 Å². The van der Waals surface area contributed by atoms with Gasteiger partial charge >= 0.3 is 0 Å². The zero-order valence-electron chi connectivity index (χ0n) is 11.0. The normalized spacial score (nSPS) is 31.1. The maximum absolute atomic E-state index is 9.97. The molecule has 3 aliphatic rings. The van der Waals surface area contributed by atoms with E-state index in [1.807, 2.05) is 31.3 Å². The van der Waals surface area contributed by atoms with Crippen LogP contribution >= 0.6 is 0 Å². The van der Waals surface area contributed by atoms with E-state index in [-0.39, 0.29) is 0 Å². The van der Waals surface area contributed by atoms with Crippen LogP contribution in [-0.4, -0.2) is 17.4 Å². The fourth-order valence-corrected chi connectivity index (χ4v) is 3.35. The van der Waals surface area contributed by atoms with Crippen LogP contribution < -0.4 is 0 Å². The summed E-state index contributed by atoms with van der Waals surface area (Å²) in [6.45, 7) is 1.93. The molecule has 3 saturated carbocycles. The van der Waals surface area contributed by atoms with Gasteiger partial charge in [0, 0.05) is 11.8 Å². The van der Waals surface area contributed by atoms with Crippen LogP contribution in [0, 0.1) is 18.8 Å². The Labute approximate surface area is 109 Å². The van der Waals surface area contributed by atoms with E-state index in [1.165, 1.54) is 32.1 Å². The van der Waals surface area contributed by atoms with Crippen LogP contribution in [0.1, 0.15) is 43.2 Å². The van der Waals surface area contributed by atoms with Gasteiger partial charge in [0.05, 0.1) is 6.04 Å². The van der Waals surface area contributed by atoms with Crippen molar-refractivity contribution in [3.8, 4) is 5.75 Å². The molecule has 0 saturated heterocycles. The third-order valence-corrected chi connectivity index (χ3v) is 4.60. The molecule has 0 amide bonds. The number of hydrogen-bond donors (Lipinski definition) is 1. The van der Waals surface area contributed by atoms with E-state index in [9.17, 15) is 5.11 Å². The van der Waals surface area contributed by atoms with Crippen molar-refractivity contribution in [3.05, 3.63) is 29.3 Å². The molecule has 3 aliphatic carbocycles. The van der Waals surface area contributed by atoms with Gasteiger partial charge in [0.25, 0.3) is 0 Å². The van der Waals surface area contributed by atoms with Crippen LogP contribution in [0.25, 0.3) is 0 Å². The second kappa shape index (κ2) is 4.75. The lowest BCUT2D eigenvalue weighted by Crippen LogP contribution is -2.29. The monoisotopic (exact) mass is 243 g/mol. The second-order valence-corrected chi connectivity index (χ2v) is 5.89. The van der Waals surface area contributed by atoms with Crippen molar-refractivity contribution >= 4 is 6.21 Å².